The van der Waals surface area contributed by atoms with Crippen LogP contribution in [0.1, 0.15) is 98.8 Å². The van der Waals surface area contributed by atoms with Crippen LogP contribution in [0.15, 0.2) is 0 Å². The Morgan fingerprint density at radius 3 is 2.21 bits per heavy atom. The van der Waals surface area contributed by atoms with Gasteiger partial charge in [-0.05, 0) is 106 Å². The third-order valence-electron chi connectivity index (χ3n) is 11.0. The summed E-state index contributed by atoms with van der Waals surface area (Å²) in [4.78, 5) is 37.3. The number of rotatable bonds is 11. The number of Topliss-reactive ketones (excluding diaryl/α,β-unsaturated/α-hetero) is 1. The van der Waals surface area contributed by atoms with E-state index < -0.39 is 13.6 Å². The Morgan fingerprint density at radius 2 is 1.54 bits per heavy atom. The second kappa shape index (κ2) is 12.3. The van der Waals surface area contributed by atoms with E-state index in [4.69, 9.17) is 18.5 Å². The van der Waals surface area contributed by atoms with Crippen LogP contribution in [-0.2, 0) is 37.5 Å². The van der Waals surface area contributed by atoms with E-state index in [-0.39, 0.29) is 67.0 Å². The number of ketones is 1. The molecule has 4 aliphatic carbocycles. The van der Waals surface area contributed by atoms with Gasteiger partial charge >= 0.3 is 19.5 Å². The highest BCUT2D eigenvalue weighted by molar-refractivity contribution is 7.53. The Hall–Kier alpha value is -1.24. The van der Waals surface area contributed by atoms with Crippen molar-refractivity contribution in [2.75, 3.05) is 26.0 Å². The molecule has 0 radical (unpaired) electrons. The van der Waals surface area contributed by atoms with Crippen molar-refractivity contribution in [2.24, 2.45) is 40.4 Å². The lowest BCUT2D eigenvalue weighted by atomic mass is 9.44. The second-order valence-electron chi connectivity index (χ2n) is 12.9. The first-order chi connectivity index (χ1) is 18.5. The molecule has 0 aromatic heterocycles. The van der Waals surface area contributed by atoms with Crippen LogP contribution in [0.2, 0.25) is 0 Å². The third kappa shape index (κ3) is 6.33. The van der Waals surface area contributed by atoms with Crippen LogP contribution in [0.3, 0.4) is 0 Å². The van der Waals surface area contributed by atoms with Gasteiger partial charge in [0.25, 0.3) is 0 Å². The van der Waals surface area contributed by atoms with E-state index in [1.807, 2.05) is 0 Å². The van der Waals surface area contributed by atoms with Gasteiger partial charge in [-0.15, -0.1) is 0 Å². The first kappa shape index (κ1) is 30.7. The van der Waals surface area contributed by atoms with E-state index in [2.05, 4.69) is 13.8 Å². The normalized spacial score (nSPS) is 37.8. The van der Waals surface area contributed by atoms with Gasteiger partial charge < -0.3 is 18.5 Å². The zero-order valence-electron chi connectivity index (χ0n) is 24.6. The smallest absolute Gasteiger partial charge is 0.331 e. The topological polar surface area (TPSA) is 105 Å². The Morgan fingerprint density at radius 1 is 0.872 bits per heavy atom. The molecule has 8 nitrogen and oxygen atoms in total. The van der Waals surface area contributed by atoms with Crippen LogP contribution in [0, 0.1) is 40.4 Å². The largest absolute Gasteiger partial charge is 0.463 e. The van der Waals surface area contributed by atoms with Crippen LogP contribution >= 0.6 is 7.60 Å². The van der Waals surface area contributed by atoms with Crippen molar-refractivity contribution in [2.45, 2.75) is 105 Å². The average molecular weight is 569 g/mol. The maximum Gasteiger partial charge on any atom is 0.331 e. The van der Waals surface area contributed by atoms with E-state index in [1.165, 1.54) is 19.8 Å². The number of esters is 2. The molecule has 0 heterocycles. The van der Waals surface area contributed by atoms with Gasteiger partial charge in [-0.1, -0.05) is 13.8 Å². The molecule has 222 valence electrons. The molecule has 4 fully saturated rings. The zero-order chi connectivity index (χ0) is 28.4. The molecule has 4 aliphatic rings. The lowest BCUT2D eigenvalue weighted by Crippen LogP contribution is -2.54. The highest BCUT2D eigenvalue weighted by atomic mass is 31.2. The molecule has 0 aromatic carbocycles. The maximum absolute atomic E-state index is 13.4. The molecule has 0 spiro atoms. The average Bonchev–Trinajstić information content (AvgIpc) is 3.23. The van der Waals surface area contributed by atoms with Gasteiger partial charge in [-0.25, -0.2) is 0 Å². The molecule has 4 saturated carbocycles. The number of carbonyl (C=O) groups excluding carboxylic acids is 3. The van der Waals surface area contributed by atoms with E-state index in [1.54, 1.807) is 13.8 Å². The summed E-state index contributed by atoms with van der Waals surface area (Å²) in [5.41, 5.74) is 0.226. The number of hydrogen-bond acceptors (Lipinski definition) is 8. The van der Waals surface area contributed by atoms with Gasteiger partial charge in [-0.3, -0.25) is 18.9 Å². The van der Waals surface area contributed by atoms with Crippen molar-refractivity contribution in [1.82, 2.24) is 0 Å². The fourth-order valence-electron chi connectivity index (χ4n) is 9.20. The summed E-state index contributed by atoms with van der Waals surface area (Å²) in [6, 6.07) is 0. The summed E-state index contributed by atoms with van der Waals surface area (Å²) in [7, 11) is -3.32. The van der Waals surface area contributed by atoms with Crippen molar-refractivity contribution in [3.63, 3.8) is 0 Å². The molecule has 4 rings (SSSR count). The standard InChI is InChI=1S/C30H49O8P/c1-6-36-39(34,37-7-2)17-14-28(33)35-19-27(32)26-11-10-24-23-9-8-21-18-22(38-20(3)31)12-15-29(21,4)25(23)13-16-30(24,26)5/h21-26H,6-19H2,1-5H3/t21-,22-,23-,24-,25-,26-,29-,30-/m0/s1. The van der Waals surface area contributed by atoms with Crippen molar-refractivity contribution in [1.29, 1.82) is 0 Å². The van der Waals surface area contributed by atoms with Gasteiger partial charge in [0.05, 0.1) is 25.8 Å². The lowest BCUT2D eigenvalue weighted by molar-refractivity contribution is -0.161. The highest BCUT2D eigenvalue weighted by Crippen LogP contribution is 2.67. The molecular weight excluding hydrogens is 519 g/mol. The summed E-state index contributed by atoms with van der Waals surface area (Å²) in [5, 5.41) is 0. The predicted molar refractivity (Wildman–Crippen MR) is 147 cm³/mol. The third-order valence-corrected chi connectivity index (χ3v) is 13.0. The van der Waals surface area contributed by atoms with Gasteiger partial charge in [0.2, 0.25) is 0 Å². The first-order valence-electron chi connectivity index (χ1n) is 15.2. The molecule has 0 amide bonds. The zero-order valence-corrected chi connectivity index (χ0v) is 25.5. The van der Waals surface area contributed by atoms with Crippen molar-refractivity contribution in [3.05, 3.63) is 0 Å². The molecule has 0 saturated heterocycles. The molecule has 0 aromatic rings. The molecule has 0 bridgehead atoms. The Balaban J connectivity index is 1.33. The van der Waals surface area contributed by atoms with Gasteiger partial charge in [0.1, 0.15) is 12.7 Å². The molecule has 0 unspecified atom stereocenters. The van der Waals surface area contributed by atoms with E-state index in [0.29, 0.717) is 23.7 Å². The van der Waals surface area contributed by atoms with Crippen molar-refractivity contribution >= 4 is 25.3 Å². The second-order valence-corrected chi connectivity index (χ2v) is 15.1. The molecule has 8 atom stereocenters. The Kier molecular flexibility index (Phi) is 9.71. The Labute approximate surface area is 234 Å². The van der Waals surface area contributed by atoms with Gasteiger partial charge in [0.15, 0.2) is 5.78 Å². The number of hydrogen-bond donors (Lipinski definition) is 0. The molecule has 9 heteroatoms. The van der Waals surface area contributed by atoms with Crippen LogP contribution in [0.4, 0.5) is 0 Å². The van der Waals surface area contributed by atoms with E-state index >= 15 is 0 Å². The summed E-state index contributed by atoms with van der Waals surface area (Å²) in [6.45, 7) is 10.0. The molecule has 0 N–H and O–H groups in total. The maximum atomic E-state index is 13.4. The summed E-state index contributed by atoms with van der Waals surface area (Å²) < 4.78 is 34.1. The quantitative estimate of drug-likeness (QED) is 0.210. The van der Waals surface area contributed by atoms with Crippen LogP contribution in [0.25, 0.3) is 0 Å². The minimum atomic E-state index is -3.32. The monoisotopic (exact) mass is 568 g/mol. The molecule has 0 aliphatic heterocycles. The van der Waals surface area contributed by atoms with E-state index in [9.17, 15) is 18.9 Å². The highest BCUT2D eigenvalue weighted by Gasteiger charge is 2.61. The van der Waals surface area contributed by atoms with Crippen molar-refractivity contribution < 1.29 is 37.5 Å². The Bertz CT molecular complexity index is 957. The SMILES string of the molecule is CCOP(=O)(CCC(=O)OCC(=O)[C@@H]1CC[C@H]2[C@@H]3CC[C@H]4C[C@@H](OC(C)=O)CC[C@]4(C)[C@H]3CC[C@]12C)OCC. The first-order valence-corrected chi connectivity index (χ1v) is 16.9. The number of fused-ring (bicyclic) bond motifs is 5. The fourth-order valence-corrected chi connectivity index (χ4v) is 10.8. The number of carbonyl (C=O) groups is 3. The molecular formula is C30H49O8P. The van der Waals surface area contributed by atoms with Crippen LogP contribution < -0.4 is 0 Å². The molecule has 39 heavy (non-hydrogen) atoms. The van der Waals surface area contributed by atoms with Gasteiger partial charge in [0, 0.05) is 12.8 Å². The minimum absolute atomic E-state index is 0.0198. The summed E-state index contributed by atoms with van der Waals surface area (Å²) >= 11 is 0. The summed E-state index contributed by atoms with van der Waals surface area (Å²) in [5.74, 6) is 1.63. The predicted octanol–water partition coefficient (Wildman–Crippen LogP) is 6.35. The lowest BCUT2D eigenvalue weighted by Gasteiger charge is -2.61. The number of ether oxygens (including phenoxy) is 2. The fraction of sp³-hybridized carbons (Fsp3) is 0.900. The van der Waals surface area contributed by atoms with E-state index in [0.717, 1.165) is 44.9 Å². The van der Waals surface area contributed by atoms with Crippen LogP contribution in [-0.4, -0.2) is 49.8 Å². The minimum Gasteiger partial charge on any atom is -0.463 e. The van der Waals surface area contributed by atoms with Gasteiger partial charge in [-0.2, -0.15) is 0 Å². The van der Waals surface area contributed by atoms with Crippen LogP contribution in [0.5, 0.6) is 0 Å². The summed E-state index contributed by atoms with van der Waals surface area (Å²) in [6.07, 6.45) is 9.41. The van der Waals surface area contributed by atoms with Crippen molar-refractivity contribution in [3.8, 4) is 0 Å².